The van der Waals surface area contributed by atoms with E-state index >= 15 is 0 Å². The van der Waals surface area contributed by atoms with Crippen LogP contribution in [0.15, 0.2) is 34.9 Å². The first-order valence-corrected chi connectivity index (χ1v) is 9.03. The number of hydrogen-bond donors (Lipinski definition) is 1. The van der Waals surface area contributed by atoms with Gasteiger partial charge in [-0.1, -0.05) is 30.7 Å². The molecule has 138 valence electrons. The van der Waals surface area contributed by atoms with Gasteiger partial charge in [-0.3, -0.25) is 9.59 Å². The number of likely N-dealkylation sites (tertiary alicyclic amines) is 1. The Kier molecular flexibility index (Phi) is 5.61. The van der Waals surface area contributed by atoms with Crippen LogP contribution in [-0.4, -0.2) is 40.0 Å². The molecular weight excluding hydrogens is 356 g/mol. The number of nitrogens with zero attached hydrogens (tertiary/aromatic N) is 2. The van der Waals surface area contributed by atoms with Gasteiger partial charge in [-0.25, -0.2) is 4.98 Å². The third-order valence-corrected chi connectivity index (χ3v) is 5.15. The highest BCUT2D eigenvalue weighted by atomic mass is 35.5. The van der Waals surface area contributed by atoms with Crippen molar-refractivity contribution in [2.24, 2.45) is 11.8 Å². The van der Waals surface area contributed by atoms with Gasteiger partial charge in [0.1, 0.15) is 0 Å². The highest BCUT2D eigenvalue weighted by Gasteiger charge is 2.32. The molecule has 0 bridgehead atoms. The van der Waals surface area contributed by atoms with Gasteiger partial charge in [0.2, 0.25) is 5.91 Å². The number of carboxylic acid groups (broad SMARTS) is 1. The summed E-state index contributed by atoms with van der Waals surface area (Å²) in [5.41, 5.74) is 0.767. The number of rotatable bonds is 5. The first-order chi connectivity index (χ1) is 12.5. The van der Waals surface area contributed by atoms with Crippen LogP contribution < -0.4 is 0 Å². The maximum atomic E-state index is 12.4. The van der Waals surface area contributed by atoms with Gasteiger partial charge in [-0.15, -0.1) is 0 Å². The van der Waals surface area contributed by atoms with Crippen molar-refractivity contribution in [3.63, 3.8) is 0 Å². The lowest BCUT2D eigenvalue weighted by atomic mass is 9.87. The Morgan fingerprint density at radius 1 is 1.38 bits per heavy atom. The zero-order valence-electron chi connectivity index (χ0n) is 14.5. The van der Waals surface area contributed by atoms with E-state index in [1.165, 1.54) is 0 Å². The zero-order valence-corrected chi connectivity index (χ0v) is 15.3. The summed E-state index contributed by atoms with van der Waals surface area (Å²) >= 11 is 6.15. The number of piperidine rings is 1. The van der Waals surface area contributed by atoms with Crippen molar-refractivity contribution in [3.8, 4) is 11.3 Å². The zero-order chi connectivity index (χ0) is 18.7. The molecule has 1 N–H and O–H groups in total. The Labute approximate surface area is 156 Å². The normalized spacial score (nSPS) is 20.2. The second-order valence-electron chi connectivity index (χ2n) is 6.65. The lowest BCUT2D eigenvalue weighted by molar-refractivity contribution is -0.148. The SMILES string of the molecule is CC1CN(C(=O)CCc2ncc(-c3ccccc3Cl)o2)CCC1C(=O)O. The molecule has 1 aliphatic heterocycles. The number of carbonyl (C=O) groups is 2. The highest BCUT2D eigenvalue weighted by Crippen LogP contribution is 2.28. The van der Waals surface area contributed by atoms with E-state index in [-0.39, 0.29) is 24.2 Å². The molecule has 0 aliphatic carbocycles. The molecule has 1 aromatic heterocycles. The summed E-state index contributed by atoms with van der Waals surface area (Å²) in [7, 11) is 0. The number of aromatic nitrogens is 1. The average molecular weight is 377 g/mol. The van der Waals surface area contributed by atoms with Crippen molar-refractivity contribution in [3.05, 3.63) is 41.4 Å². The average Bonchev–Trinajstić information content (AvgIpc) is 3.08. The van der Waals surface area contributed by atoms with E-state index in [9.17, 15) is 9.59 Å². The fourth-order valence-electron chi connectivity index (χ4n) is 3.32. The van der Waals surface area contributed by atoms with Gasteiger partial charge in [0.05, 0.1) is 17.1 Å². The molecule has 0 radical (unpaired) electrons. The van der Waals surface area contributed by atoms with Crippen molar-refractivity contribution in [2.45, 2.75) is 26.2 Å². The van der Waals surface area contributed by atoms with Crippen LogP contribution in [0.4, 0.5) is 0 Å². The standard InChI is InChI=1S/C19H21ClN2O4/c1-12-11-22(9-8-13(12)19(24)25)18(23)7-6-17-21-10-16(26-17)14-4-2-3-5-15(14)20/h2-5,10,12-13H,6-9,11H2,1H3,(H,24,25). The minimum Gasteiger partial charge on any atom is -0.481 e. The molecule has 2 aromatic rings. The number of oxazole rings is 1. The van der Waals surface area contributed by atoms with Gasteiger partial charge in [0, 0.05) is 31.5 Å². The minimum atomic E-state index is -0.781. The molecule has 2 unspecified atom stereocenters. The van der Waals surface area contributed by atoms with Crippen LogP contribution in [0.1, 0.15) is 25.7 Å². The molecule has 1 aliphatic rings. The molecule has 6 nitrogen and oxygen atoms in total. The minimum absolute atomic E-state index is 0.00168. The van der Waals surface area contributed by atoms with E-state index in [0.29, 0.717) is 42.6 Å². The lowest BCUT2D eigenvalue weighted by Crippen LogP contribution is -2.45. The smallest absolute Gasteiger partial charge is 0.306 e. The summed E-state index contributed by atoms with van der Waals surface area (Å²) in [6, 6.07) is 7.35. The van der Waals surface area contributed by atoms with Crippen LogP contribution in [0.2, 0.25) is 5.02 Å². The van der Waals surface area contributed by atoms with E-state index < -0.39 is 5.97 Å². The molecular formula is C19H21ClN2O4. The van der Waals surface area contributed by atoms with Crippen LogP contribution in [-0.2, 0) is 16.0 Å². The molecule has 1 saturated heterocycles. The summed E-state index contributed by atoms with van der Waals surface area (Å²) in [4.78, 5) is 29.5. The Bertz CT molecular complexity index is 804. The maximum Gasteiger partial charge on any atom is 0.306 e. The number of amides is 1. The third-order valence-electron chi connectivity index (χ3n) is 4.82. The summed E-state index contributed by atoms with van der Waals surface area (Å²) < 4.78 is 5.71. The fourth-order valence-corrected chi connectivity index (χ4v) is 3.55. The van der Waals surface area contributed by atoms with Crippen LogP contribution in [0, 0.1) is 11.8 Å². The first-order valence-electron chi connectivity index (χ1n) is 8.66. The van der Waals surface area contributed by atoms with Gasteiger partial charge in [0.15, 0.2) is 11.7 Å². The summed E-state index contributed by atoms with van der Waals surface area (Å²) in [6.07, 6.45) is 2.79. The molecule has 26 heavy (non-hydrogen) atoms. The molecule has 3 rings (SSSR count). The number of hydrogen-bond acceptors (Lipinski definition) is 4. The topological polar surface area (TPSA) is 83.6 Å². The molecule has 0 saturated carbocycles. The van der Waals surface area contributed by atoms with E-state index in [2.05, 4.69) is 4.98 Å². The quantitative estimate of drug-likeness (QED) is 0.863. The highest BCUT2D eigenvalue weighted by molar-refractivity contribution is 6.33. The Balaban J connectivity index is 1.56. The second-order valence-corrected chi connectivity index (χ2v) is 7.06. The molecule has 2 heterocycles. The second kappa shape index (κ2) is 7.91. The summed E-state index contributed by atoms with van der Waals surface area (Å²) in [5.74, 6) is -0.131. The maximum absolute atomic E-state index is 12.4. The van der Waals surface area contributed by atoms with Crippen molar-refractivity contribution >= 4 is 23.5 Å². The van der Waals surface area contributed by atoms with Crippen molar-refractivity contribution in [1.29, 1.82) is 0 Å². The molecule has 1 aromatic carbocycles. The van der Waals surface area contributed by atoms with Gasteiger partial charge in [-0.05, 0) is 24.5 Å². The number of halogens is 1. The van der Waals surface area contributed by atoms with E-state index in [1.54, 1.807) is 17.2 Å². The van der Waals surface area contributed by atoms with Gasteiger partial charge < -0.3 is 14.4 Å². The van der Waals surface area contributed by atoms with Crippen molar-refractivity contribution in [2.75, 3.05) is 13.1 Å². The summed E-state index contributed by atoms with van der Waals surface area (Å²) in [6.45, 7) is 2.84. The van der Waals surface area contributed by atoms with Crippen molar-refractivity contribution in [1.82, 2.24) is 9.88 Å². The Morgan fingerprint density at radius 2 is 2.15 bits per heavy atom. The predicted molar refractivity (Wildman–Crippen MR) is 96.8 cm³/mol. The number of benzene rings is 1. The number of carboxylic acids is 1. The molecule has 2 atom stereocenters. The van der Waals surface area contributed by atoms with E-state index in [1.807, 2.05) is 25.1 Å². The lowest BCUT2D eigenvalue weighted by Gasteiger charge is -2.35. The van der Waals surface area contributed by atoms with Gasteiger partial charge >= 0.3 is 5.97 Å². The summed E-state index contributed by atoms with van der Waals surface area (Å²) in [5, 5.41) is 9.75. The Morgan fingerprint density at radius 3 is 2.85 bits per heavy atom. The van der Waals surface area contributed by atoms with Crippen LogP contribution in [0.5, 0.6) is 0 Å². The van der Waals surface area contributed by atoms with Crippen molar-refractivity contribution < 1.29 is 19.1 Å². The first kappa shape index (κ1) is 18.5. The van der Waals surface area contributed by atoms with Crippen LogP contribution >= 0.6 is 11.6 Å². The van der Waals surface area contributed by atoms with Gasteiger partial charge in [0.25, 0.3) is 0 Å². The predicted octanol–water partition coefficient (Wildman–Crippen LogP) is 3.50. The van der Waals surface area contributed by atoms with Gasteiger partial charge in [-0.2, -0.15) is 0 Å². The Hall–Kier alpha value is -2.34. The molecule has 1 fully saturated rings. The largest absolute Gasteiger partial charge is 0.481 e. The molecule has 7 heteroatoms. The van der Waals surface area contributed by atoms with E-state index in [0.717, 1.165) is 5.56 Å². The third kappa shape index (κ3) is 4.07. The van der Waals surface area contributed by atoms with Crippen LogP contribution in [0.3, 0.4) is 0 Å². The number of aryl methyl sites for hydroxylation is 1. The monoisotopic (exact) mass is 376 g/mol. The van der Waals surface area contributed by atoms with E-state index in [4.69, 9.17) is 21.1 Å². The molecule has 0 spiro atoms. The number of carbonyl (C=O) groups excluding carboxylic acids is 1. The van der Waals surface area contributed by atoms with Crippen LogP contribution in [0.25, 0.3) is 11.3 Å². The fraction of sp³-hybridized carbons (Fsp3) is 0.421. The molecule has 1 amide bonds. The number of aliphatic carboxylic acids is 1.